The van der Waals surface area contributed by atoms with Crippen LogP contribution in [0.25, 0.3) is 27.5 Å². The van der Waals surface area contributed by atoms with Crippen LogP contribution in [0.2, 0.25) is 0 Å². The van der Waals surface area contributed by atoms with Gasteiger partial charge in [-0.05, 0) is 46.7 Å². The van der Waals surface area contributed by atoms with Gasteiger partial charge < -0.3 is 18.6 Å². The zero-order valence-corrected chi connectivity index (χ0v) is 23.5. The van der Waals surface area contributed by atoms with E-state index in [1.807, 2.05) is 54.6 Å². The normalized spacial score (nSPS) is 14.1. The zero-order chi connectivity index (χ0) is 28.2. The molecule has 4 aromatic carbocycles. The Morgan fingerprint density at radius 2 is 1.74 bits per heavy atom. The van der Waals surface area contributed by atoms with Crippen molar-refractivity contribution in [2.75, 3.05) is 14.2 Å². The summed E-state index contributed by atoms with van der Waals surface area (Å²) < 4.78 is 25.3. The summed E-state index contributed by atoms with van der Waals surface area (Å²) in [6.07, 6.45) is 1.65. The average Bonchev–Trinajstić information content (AvgIpc) is 3.66. The average molecular weight is 574 g/mol. The SMILES string of the molecule is COc1ccc(C2c3c(ccc4ccccc34)Oc3ncn4nc(CSc5nc6ccccc6o5)nc4c32)cc1OC. The van der Waals surface area contributed by atoms with E-state index in [0.29, 0.717) is 39.8 Å². The molecular formula is C32H23N5O4S. The minimum Gasteiger partial charge on any atom is -0.493 e. The lowest BCUT2D eigenvalue weighted by atomic mass is 9.81. The fourth-order valence-electron chi connectivity index (χ4n) is 5.61. The van der Waals surface area contributed by atoms with Gasteiger partial charge in [0.25, 0.3) is 5.22 Å². The molecule has 0 spiro atoms. The summed E-state index contributed by atoms with van der Waals surface area (Å²) in [6.45, 7) is 0. The summed E-state index contributed by atoms with van der Waals surface area (Å²) in [5.41, 5.74) is 5.11. The number of para-hydroxylation sites is 2. The summed E-state index contributed by atoms with van der Waals surface area (Å²) in [5, 5.41) is 7.53. The second-order valence-corrected chi connectivity index (χ2v) is 10.8. The van der Waals surface area contributed by atoms with Crippen LogP contribution in [-0.2, 0) is 5.75 Å². The van der Waals surface area contributed by atoms with Gasteiger partial charge in [0.2, 0.25) is 5.88 Å². The minimum absolute atomic E-state index is 0.257. The van der Waals surface area contributed by atoms with Crippen LogP contribution >= 0.6 is 11.8 Å². The number of fused-ring (bicyclic) bond motifs is 7. The molecule has 4 heterocycles. The van der Waals surface area contributed by atoms with E-state index in [9.17, 15) is 0 Å². The lowest BCUT2D eigenvalue weighted by molar-refractivity contribution is 0.354. The molecule has 0 N–H and O–H groups in total. The molecular weight excluding hydrogens is 550 g/mol. The molecule has 1 aliphatic heterocycles. The van der Waals surface area contributed by atoms with E-state index >= 15 is 0 Å². The first-order chi connectivity index (χ1) is 20.7. The van der Waals surface area contributed by atoms with Gasteiger partial charge in [0.1, 0.15) is 17.6 Å². The Bertz CT molecular complexity index is 2110. The van der Waals surface area contributed by atoms with Gasteiger partial charge in [-0.2, -0.15) is 0 Å². The van der Waals surface area contributed by atoms with Gasteiger partial charge in [-0.15, -0.1) is 5.10 Å². The first kappa shape index (κ1) is 24.7. The number of hydrogen-bond acceptors (Lipinski definition) is 9. The number of hydrogen-bond donors (Lipinski definition) is 0. The Hall–Kier alpha value is -5.09. The van der Waals surface area contributed by atoms with Crippen molar-refractivity contribution in [3.63, 3.8) is 0 Å². The third kappa shape index (κ3) is 3.94. The number of thioether (sulfide) groups is 1. The van der Waals surface area contributed by atoms with Gasteiger partial charge in [-0.3, -0.25) is 0 Å². The molecule has 1 atom stereocenters. The molecule has 0 saturated carbocycles. The molecule has 3 aromatic heterocycles. The highest BCUT2D eigenvalue weighted by Gasteiger charge is 2.35. The number of methoxy groups -OCH3 is 2. The van der Waals surface area contributed by atoms with Crippen LogP contribution in [-0.4, -0.2) is 38.8 Å². The number of oxazole rings is 1. The smallest absolute Gasteiger partial charge is 0.257 e. The van der Waals surface area contributed by atoms with Crippen molar-refractivity contribution in [1.82, 2.24) is 24.6 Å². The third-order valence-corrected chi connectivity index (χ3v) is 8.31. The van der Waals surface area contributed by atoms with Gasteiger partial charge in [0.05, 0.1) is 25.5 Å². The number of rotatable bonds is 6. The van der Waals surface area contributed by atoms with Crippen molar-refractivity contribution in [3.05, 3.63) is 108 Å². The van der Waals surface area contributed by atoms with E-state index in [-0.39, 0.29) is 5.92 Å². The second-order valence-electron chi connectivity index (χ2n) is 9.84. The molecule has 1 unspecified atom stereocenters. The van der Waals surface area contributed by atoms with Gasteiger partial charge >= 0.3 is 0 Å². The Balaban J connectivity index is 1.28. The zero-order valence-electron chi connectivity index (χ0n) is 22.6. The standard InChI is InChI=1S/C32H23N5O4S/c1-38-23-13-12-19(15-25(23)39-2)27-28-20-8-4-3-7-18(20)11-14-24(28)40-31-29(27)30-35-26(36-37(30)17-33-31)16-42-32-34-21-9-5-6-10-22(21)41-32/h3-15,17,27H,16H2,1-2H3. The monoisotopic (exact) mass is 573 g/mol. The van der Waals surface area contributed by atoms with Crippen molar-refractivity contribution >= 4 is 39.3 Å². The fraction of sp³-hybridized carbons (Fsp3) is 0.125. The molecule has 8 rings (SSSR count). The highest BCUT2D eigenvalue weighted by atomic mass is 32.2. The number of nitrogens with zero attached hydrogens (tertiary/aromatic N) is 5. The molecule has 1 aliphatic rings. The first-order valence-corrected chi connectivity index (χ1v) is 14.3. The van der Waals surface area contributed by atoms with E-state index in [1.165, 1.54) is 11.8 Å². The molecule has 0 radical (unpaired) electrons. The molecule has 7 aromatic rings. The molecule has 206 valence electrons. The summed E-state index contributed by atoms with van der Waals surface area (Å²) in [4.78, 5) is 14.2. The van der Waals surface area contributed by atoms with Crippen molar-refractivity contribution in [1.29, 1.82) is 0 Å². The van der Waals surface area contributed by atoms with Crippen LogP contribution in [0.5, 0.6) is 23.1 Å². The molecule has 0 fully saturated rings. The minimum atomic E-state index is -0.257. The Kier molecular flexibility index (Phi) is 5.75. The van der Waals surface area contributed by atoms with Crippen molar-refractivity contribution in [3.8, 4) is 23.1 Å². The van der Waals surface area contributed by atoms with E-state index in [0.717, 1.165) is 44.3 Å². The fourth-order valence-corrected chi connectivity index (χ4v) is 6.30. The van der Waals surface area contributed by atoms with Crippen molar-refractivity contribution in [2.24, 2.45) is 0 Å². The predicted octanol–water partition coefficient (Wildman–Crippen LogP) is 7.01. The second kappa shape index (κ2) is 9.78. The lowest BCUT2D eigenvalue weighted by Crippen LogP contribution is -2.15. The Morgan fingerprint density at radius 1 is 0.881 bits per heavy atom. The van der Waals surface area contributed by atoms with Crippen LogP contribution in [0.3, 0.4) is 0 Å². The number of aromatic nitrogens is 5. The van der Waals surface area contributed by atoms with Gasteiger partial charge in [0.15, 0.2) is 28.6 Å². The largest absolute Gasteiger partial charge is 0.493 e. The van der Waals surface area contributed by atoms with Crippen LogP contribution in [0, 0.1) is 0 Å². The Morgan fingerprint density at radius 3 is 2.62 bits per heavy atom. The topological polar surface area (TPSA) is 96.8 Å². The first-order valence-electron chi connectivity index (χ1n) is 13.3. The Labute approximate surface area is 244 Å². The third-order valence-electron chi connectivity index (χ3n) is 7.49. The van der Waals surface area contributed by atoms with E-state index in [1.54, 1.807) is 25.1 Å². The van der Waals surface area contributed by atoms with Gasteiger partial charge in [-0.1, -0.05) is 60.3 Å². The highest BCUT2D eigenvalue weighted by Crippen LogP contribution is 2.51. The van der Waals surface area contributed by atoms with Gasteiger partial charge in [-0.25, -0.2) is 19.5 Å². The summed E-state index contributed by atoms with van der Waals surface area (Å²) in [6, 6.07) is 26.1. The summed E-state index contributed by atoms with van der Waals surface area (Å²) >= 11 is 1.45. The van der Waals surface area contributed by atoms with Gasteiger partial charge in [0, 0.05) is 11.5 Å². The van der Waals surface area contributed by atoms with Crippen molar-refractivity contribution < 1.29 is 18.6 Å². The van der Waals surface area contributed by atoms with E-state index < -0.39 is 0 Å². The van der Waals surface area contributed by atoms with Crippen LogP contribution < -0.4 is 14.2 Å². The highest BCUT2D eigenvalue weighted by molar-refractivity contribution is 7.98. The maximum Gasteiger partial charge on any atom is 0.257 e. The molecule has 0 amide bonds. The molecule has 42 heavy (non-hydrogen) atoms. The van der Waals surface area contributed by atoms with Crippen LogP contribution in [0.4, 0.5) is 0 Å². The number of benzene rings is 4. The van der Waals surface area contributed by atoms with E-state index in [2.05, 4.69) is 34.2 Å². The lowest BCUT2D eigenvalue weighted by Gasteiger charge is -2.29. The van der Waals surface area contributed by atoms with Crippen molar-refractivity contribution in [2.45, 2.75) is 16.9 Å². The maximum atomic E-state index is 6.44. The predicted molar refractivity (Wildman–Crippen MR) is 159 cm³/mol. The molecule has 10 heteroatoms. The summed E-state index contributed by atoms with van der Waals surface area (Å²) in [7, 11) is 3.27. The molecule has 0 bridgehead atoms. The molecule has 0 saturated heterocycles. The molecule has 0 aliphatic carbocycles. The molecule has 9 nitrogen and oxygen atoms in total. The quantitative estimate of drug-likeness (QED) is 0.195. The number of ether oxygens (including phenoxy) is 3. The van der Waals surface area contributed by atoms with Crippen LogP contribution in [0.15, 0.2) is 94.8 Å². The van der Waals surface area contributed by atoms with Crippen LogP contribution in [0.1, 0.15) is 28.4 Å². The maximum absolute atomic E-state index is 6.44. The summed E-state index contributed by atoms with van der Waals surface area (Å²) in [5.74, 6) is 3.40. The van der Waals surface area contributed by atoms with E-state index in [4.69, 9.17) is 28.7 Å².